The lowest BCUT2D eigenvalue weighted by molar-refractivity contribution is -0.0224. The smallest absolute Gasteiger partial charge is 0.272 e. The van der Waals surface area contributed by atoms with E-state index in [1.165, 1.54) is 30.8 Å². The Morgan fingerprint density at radius 1 is 1.24 bits per heavy atom. The van der Waals surface area contributed by atoms with Gasteiger partial charge >= 0.3 is 0 Å². The second-order valence-electron chi connectivity index (χ2n) is 12.0. The summed E-state index contributed by atoms with van der Waals surface area (Å²) in [7, 11) is 1.67. The van der Waals surface area contributed by atoms with E-state index in [0.29, 0.717) is 18.9 Å². The van der Waals surface area contributed by atoms with Gasteiger partial charge in [0.1, 0.15) is 6.10 Å². The second-order valence-corrected chi connectivity index (χ2v) is 12.0. The molecule has 3 unspecified atom stereocenters. The third kappa shape index (κ3) is 5.51. The van der Waals surface area contributed by atoms with Crippen LogP contribution in [0.1, 0.15) is 78.6 Å². The number of fused-ring (bicyclic) bond motifs is 2. The first-order valence-electron chi connectivity index (χ1n) is 14.8. The number of nitrogens with zero attached hydrogens (tertiary/aromatic N) is 3. The van der Waals surface area contributed by atoms with Crippen LogP contribution >= 0.6 is 0 Å². The largest absolute Gasteiger partial charge is 0.504 e. The minimum Gasteiger partial charge on any atom is -0.504 e. The van der Waals surface area contributed by atoms with E-state index < -0.39 is 11.8 Å². The minimum atomic E-state index is -0.797. The molecule has 10 heteroatoms. The number of piperidine rings is 1. The van der Waals surface area contributed by atoms with Crippen molar-refractivity contribution in [1.82, 2.24) is 20.2 Å². The number of carbonyl (C=O) groups excluding carboxylic acids is 2. The average Bonchev–Trinajstić information content (AvgIpc) is 3.74. The van der Waals surface area contributed by atoms with Gasteiger partial charge in [-0.1, -0.05) is 13.0 Å². The number of nitrogens with one attached hydrogen (secondary N) is 1. The molecule has 1 saturated carbocycles. The molecule has 222 valence electrons. The molecule has 0 radical (unpaired) electrons. The summed E-state index contributed by atoms with van der Waals surface area (Å²) in [6.45, 7) is 9.50. The summed E-state index contributed by atoms with van der Waals surface area (Å²) < 4.78 is 12.1. The summed E-state index contributed by atoms with van der Waals surface area (Å²) in [6, 6.07) is 4.06. The molecule has 1 aromatic carbocycles. The molecule has 5 rings (SSSR count). The highest BCUT2D eigenvalue weighted by Crippen LogP contribution is 2.58. The van der Waals surface area contributed by atoms with Gasteiger partial charge in [0.15, 0.2) is 22.9 Å². The number of primary amides is 1. The summed E-state index contributed by atoms with van der Waals surface area (Å²) in [5.74, 6) is 0.484. The van der Waals surface area contributed by atoms with Gasteiger partial charge in [0, 0.05) is 49.6 Å². The van der Waals surface area contributed by atoms with Gasteiger partial charge in [0.2, 0.25) is 0 Å². The number of hydrogen-bond acceptors (Lipinski definition) is 8. The maximum Gasteiger partial charge on any atom is 0.272 e. The Morgan fingerprint density at radius 3 is 2.63 bits per heavy atom. The Kier molecular flexibility index (Phi) is 8.52. The van der Waals surface area contributed by atoms with Gasteiger partial charge in [-0.15, -0.1) is 0 Å². The molecule has 4 N–H and O–H groups in total. The maximum absolute atomic E-state index is 13.1. The monoisotopic (exact) mass is 565 g/mol. The summed E-state index contributed by atoms with van der Waals surface area (Å²) in [5.41, 5.74) is 7.29. The van der Waals surface area contributed by atoms with E-state index in [0.717, 1.165) is 43.8 Å². The van der Waals surface area contributed by atoms with Crippen molar-refractivity contribution in [3.63, 3.8) is 0 Å². The number of amides is 2. The van der Waals surface area contributed by atoms with Crippen molar-refractivity contribution in [3.05, 3.63) is 47.0 Å². The number of nitrogens with two attached hydrogens (primary N) is 1. The third-order valence-corrected chi connectivity index (χ3v) is 9.60. The lowest BCUT2D eigenvalue weighted by Crippen LogP contribution is -2.59. The van der Waals surface area contributed by atoms with Crippen LogP contribution in [0, 0.1) is 17.8 Å². The van der Waals surface area contributed by atoms with Crippen LogP contribution in [0.25, 0.3) is 0 Å². The fraction of sp³-hybridized carbons (Fsp3) is 0.613. The molecule has 3 aliphatic rings. The van der Waals surface area contributed by atoms with Crippen molar-refractivity contribution in [2.75, 3.05) is 33.4 Å². The highest BCUT2D eigenvalue weighted by Gasteiger charge is 2.58. The molecule has 1 saturated heterocycles. The number of carbonyl (C=O) groups is 2. The fourth-order valence-corrected chi connectivity index (χ4v) is 7.35. The number of ether oxygens (including phenoxy) is 2. The quantitative estimate of drug-likeness (QED) is 0.378. The predicted octanol–water partition coefficient (Wildman–Crippen LogP) is 3.07. The summed E-state index contributed by atoms with van der Waals surface area (Å²) in [6.07, 6.45) is 7.76. The first-order valence-corrected chi connectivity index (χ1v) is 14.8. The van der Waals surface area contributed by atoms with Gasteiger partial charge < -0.3 is 30.5 Å². The molecule has 41 heavy (non-hydrogen) atoms. The molecule has 2 fully saturated rings. The number of benzene rings is 1. The molecule has 1 aliphatic carbocycles. The summed E-state index contributed by atoms with van der Waals surface area (Å²) in [4.78, 5) is 35.5. The number of aromatic nitrogens is 2. The molecule has 1 spiro atoms. The predicted molar refractivity (Wildman–Crippen MR) is 154 cm³/mol. The van der Waals surface area contributed by atoms with E-state index in [4.69, 9.17) is 15.2 Å². The Labute approximate surface area is 242 Å². The standard InChI is InChI=1S/C31H43N5O5/c1-5-22-8-9-24(37)28-25(22)31(19(3)41-28)10-13-36(16-20-6-7-20)18(2)23(31)14-21(17-40-4)15-35-30(39)27-26(29(32)38)33-11-12-34-27/h8-9,11-12,18-21,23,37H,5-7,10,13-17H2,1-4H3,(H2,32,38)(H,35,39)/t18?,19-,21+,23?,31?/m0/s1. The second kappa shape index (κ2) is 11.9. The van der Waals surface area contributed by atoms with Crippen LogP contribution in [-0.2, 0) is 16.6 Å². The van der Waals surface area contributed by atoms with Crippen molar-refractivity contribution in [2.45, 2.75) is 70.4 Å². The molecular weight excluding hydrogens is 522 g/mol. The topological polar surface area (TPSA) is 140 Å². The van der Waals surface area contributed by atoms with Crippen LogP contribution in [0.2, 0.25) is 0 Å². The number of phenols is 1. The molecule has 2 amide bonds. The first kappa shape index (κ1) is 29.3. The van der Waals surface area contributed by atoms with Crippen LogP contribution in [0.15, 0.2) is 24.5 Å². The molecule has 2 aromatic rings. The molecule has 10 nitrogen and oxygen atoms in total. The van der Waals surface area contributed by atoms with E-state index in [2.05, 4.69) is 41.0 Å². The highest BCUT2D eigenvalue weighted by molar-refractivity contribution is 6.03. The van der Waals surface area contributed by atoms with Crippen LogP contribution in [0.4, 0.5) is 0 Å². The van der Waals surface area contributed by atoms with Crippen molar-refractivity contribution < 1.29 is 24.2 Å². The SMILES string of the molecule is CCc1ccc(O)c2c1C1(CCN(CC3CC3)C(C)C1C[C@H](CNC(=O)c1nccnc1C(N)=O)COC)[C@H](C)O2. The number of aromatic hydroxyl groups is 1. The number of methoxy groups -OCH3 is 1. The van der Waals surface area contributed by atoms with Gasteiger partial charge in [-0.25, -0.2) is 9.97 Å². The zero-order valence-corrected chi connectivity index (χ0v) is 24.6. The minimum absolute atomic E-state index is 0.0125. The Bertz CT molecular complexity index is 1280. The van der Waals surface area contributed by atoms with Crippen LogP contribution < -0.4 is 15.8 Å². The number of aryl methyl sites for hydroxylation is 1. The zero-order chi connectivity index (χ0) is 29.3. The van der Waals surface area contributed by atoms with E-state index >= 15 is 0 Å². The van der Waals surface area contributed by atoms with Gasteiger partial charge in [0.05, 0.1) is 6.61 Å². The first-order chi connectivity index (χ1) is 19.7. The van der Waals surface area contributed by atoms with Crippen molar-refractivity contribution >= 4 is 11.8 Å². The molecule has 5 atom stereocenters. The zero-order valence-electron chi connectivity index (χ0n) is 24.6. The van der Waals surface area contributed by atoms with Crippen LogP contribution in [0.3, 0.4) is 0 Å². The van der Waals surface area contributed by atoms with Crippen molar-refractivity contribution in [2.24, 2.45) is 23.5 Å². The highest BCUT2D eigenvalue weighted by atomic mass is 16.5. The molecule has 0 bridgehead atoms. The van der Waals surface area contributed by atoms with Crippen LogP contribution in [0.5, 0.6) is 11.5 Å². The summed E-state index contributed by atoms with van der Waals surface area (Å²) >= 11 is 0. The Balaban J connectivity index is 1.46. The number of likely N-dealkylation sites (tertiary alicyclic amines) is 1. The maximum atomic E-state index is 13.1. The van der Waals surface area contributed by atoms with Gasteiger partial charge in [-0.3, -0.25) is 9.59 Å². The number of phenolic OH excluding ortho intramolecular Hbond substituents is 1. The Hall–Kier alpha value is -3.24. The third-order valence-electron chi connectivity index (χ3n) is 9.60. The van der Waals surface area contributed by atoms with Crippen LogP contribution in [-0.4, -0.2) is 77.3 Å². The average molecular weight is 566 g/mol. The summed E-state index contributed by atoms with van der Waals surface area (Å²) in [5, 5.41) is 13.8. The Morgan fingerprint density at radius 2 is 1.98 bits per heavy atom. The number of rotatable bonds is 11. The van der Waals surface area contributed by atoms with Gasteiger partial charge in [-0.2, -0.15) is 0 Å². The van der Waals surface area contributed by atoms with E-state index in [1.54, 1.807) is 13.2 Å². The molecular formula is C31H43N5O5. The van der Waals surface area contributed by atoms with E-state index in [-0.39, 0.29) is 46.5 Å². The normalized spacial score (nSPS) is 26.4. The van der Waals surface area contributed by atoms with Gasteiger partial charge in [-0.05, 0) is 81.9 Å². The molecule has 2 aliphatic heterocycles. The fourth-order valence-electron chi connectivity index (χ4n) is 7.35. The van der Waals surface area contributed by atoms with Crippen molar-refractivity contribution in [3.8, 4) is 11.5 Å². The van der Waals surface area contributed by atoms with E-state index in [9.17, 15) is 14.7 Å². The van der Waals surface area contributed by atoms with Gasteiger partial charge in [0.25, 0.3) is 11.8 Å². The lowest BCUT2D eigenvalue weighted by atomic mass is 9.58. The molecule has 1 aromatic heterocycles. The molecule has 3 heterocycles. The lowest BCUT2D eigenvalue weighted by Gasteiger charge is -2.53. The van der Waals surface area contributed by atoms with Crippen molar-refractivity contribution in [1.29, 1.82) is 0 Å². The van der Waals surface area contributed by atoms with E-state index in [1.807, 2.05) is 6.07 Å². The number of hydrogen-bond donors (Lipinski definition) is 3.